The molecule has 29 heavy (non-hydrogen) atoms. The number of esters is 1. The van der Waals surface area contributed by atoms with E-state index in [9.17, 15) is 4.79 Å². The van der Waals surface area contributed by atoms with Crippen molar-refractivity contribution < 1.29 is 23.1 Å². The number of furan rings is 1. The maximum Gasteiger partial charge on any atom is 0.348 e. The Labute approximate surface area is 169 Å². The number of ether oxygens (including phenoxy) is 2. The monoisotopic (exact) mass is 408 g/mol. The highest BCUT2D eigenvalue weighted by atomic mass is 32.1. The van der Waals surface area contributed by atoms with Crippen molar-refractivity contribution in [3.05, 3.63) is 64.6 Å². The molecule has 1 aliphatic rings. The van der Waals surface area contributed by atoms with E-state index in [4.69, 9.17) is 18.3 Å². The van der Waals surface area contributed by atoms with Crippen molar-refractivity contribution in [3.63, 3.8) is 0 Å². The molecular formula is C21H16N2O5S. The number of carbonyl (C=O) groups is 1. The number of hydrogen-bond donors (Lipinski definition) is 0. The lowest BCUT2D eigenvalue weighted by Gasteiger charge is -2.16. The van der Waals surface area contributed by atoms with Gasteiger partial charge in [-0.25, -0.2) is 4.79 Å². The van der Waals surface area contributed by atoms with E-state index in [1.165, 1.54) is 23.2 Å². The van der Waals surface area contributed by atoms with Crippen LogP contribution in [0, 0.1) is 0 Å². The second-order valence-electron chi connectivity index (χ2n) is 6.54. The Morgan fingerprint density at radius 3 is 2.90 bits per heavy atom. The first-order chi connectivity index (χ1) is 14.2. The van der Waals surface area contributed by atoms with Crippen LogP contribution in [0.15, 0.2) is 51.5 Å². The second kappa shape index (κ2) is 7.21. The van der Waals surface area contributed by atoms with Crippen LogP contribution in [0.4, 0.5) is 0 Å². The van der Waals surface area contributed by atoms with Crippen LogP contribution in [0.1, 0.15) is 26.7 Å². The van der Waals surface area contributed by atoms with Crippen LogP contribution >= 0.6 is 11.3 Å². The molecule has 0 bridgehead atoms. The molecule has 7 nitrogen and oxygen atoms in total. The lowest BCUT2D eigenvalue weighted by atomic mass is 9.91. The Balaban J connectivity index is 1.31. The number of methoxy groups -OCH3 is 1. The topological polar surface area (TPSA) is 87.6 Å². The molecule has 3 aromatic heterocycles. The molecule has 0 aliphatic heterocycles. The maximum atomic E-state index is 12.5. The van der Waals surface area contributed by atoms with Crippen LogP contribution in [0.25, 0.3) is 22.1 Å². The molecule has 146 valence electrons. The molecule has 0 spiro atoms. The highest BCUT2D eigenvalue weighted by Crippen LogP contribution is 2.41. The van der Waals surface area contributed by atoms with Crippen molar-refractivity contribution in [1.29, 1.82) is 0 Å². The number of thiophene rings is 1. The van der Waals surface area contributed by atoms with Gasteiger partial charge >= 0.3 is 5.97 Å². The van der Waals surface area contributed by atoms with Gasteiger partial charge in [-0.05, 0) is 65.9 Å². The summed E-state index contributed by atoms with van der Waals surface area (Å²) in [6.45, 7) is -0.0944. The lowest BCUT2D eigenvalue weighted by Crippen LogP contribution is -2.03. The number of rotatable bonds is 5. The SMILES string of the molecule is COc1ccc2c(c1)CCc1cc(C(=O)OCc3nnc(-c4ccco4)o3)sc1-2. The van der Waals surface area contributed by atoms with E-state index in [1.807, 2.05) is 18.2 Å². The number of benzene rings is 1. The third-order valence-corrected chi connectivity index (χ3v) is 5.95. The number of carbonyl (C=O) groups excluding carboxylic acids is 1. The molecule has 5 rings (SSSR count). The number of nitrogens with zero attached hydrogens (tertiary/aromatic N) is 2. The van der Waals surface area contributed by atoms with Crippen LogP contribution < -0.4 is 4.74 Å². The molecule has 1 aromatic carbocycles. The molecule has 0 amide bonds. The Kier molecular flexibility index (Phi) is 4.40. The van der Waals surface area contributed by atoms with Gasteiger partial charge in [0.1, 0.15) is 10.6 Å². The average Bonchev–Trinajstić information content (AvgIpc) is 3.51. The number of aryl methyl sites for hydroxylation is 2. The molecule has 0 saturated heterocycles. The van der Waals surface area contributed by atoms with E-state index in [1.54, 1.807) is 19.2 Å². The molecule has 8 heteroatoms. The summed E-state index contributed by atoms with van der Waals surface area (Å²) < 4.78 is 21.4. The van der Waals surface area contributed by atoms with Crippen LogP contribution in [-0.2, 0) is 24.2 Å². The smallest absolute Gasteiger partial charge is 0.348 e. The number of hydrogen-bond acceptors (Lipinski definition) is 8. The average molecular weight is 408 g/mol. The molecule has 0 radical (unpaired) electrons. The molecule has 0 saturated carbocycles. The van der Waals surface area contributed by atoms with Gasteiger partial charge in [0, 0.05) is 4.88 Å². The summed E-state index contributed by atoms with van der Waals surface area (Å²) in [7, 11) is 1.66. The quantitative estimate of drug-likeness (QED) is 0.449. The van der Waals surface area contributed by atoms with Gasteiger partial charge in [-0.2, -0.15) is 0 Å². The van der Waals surface area contributed by atoms with E-state index < -0.39 is 5.97 Å². The second-order valence-corrected chi connectivity index (χ2v) is 7.59. The Bertz CT molecular complexity index is 1180. The van der Waals surface area contributed by atoms with Gasteiger partial charge in [-0.1, -0.05) is 0 Å². The minimum atomic E-state index is -0.405. The highest BCUT2D eigenvalue weighted by molar-refractivity contribution is 7.17. The number of aromatic nitrogens is 2. The van der Waals surface area contributed by atoms with Crippen molar-refractivity contribution in [2.75, 3.05) is 7.11 Å². The van der Waals surface area contributed by atoms with E-state index in [2.05, 4.69) is 16.3 Å². The Morgan fingerprint density at radius 1 is 1.17 bits per heavy atom. The molecule has 0 unspecified atom stereocenters. The van der Waals surface area contributed by atoms with Gasteiger partial charge in [0.05, 0.1) is 13.4 Å². The first kappa shape index (κ1) is 17.7. The molecule has 3 heterocycles. The zero-order valence-electron chi connectivity index (χ0n) is 15.5. The molecule has 0 fully saturated rings. The predicted molar refractivity (Wildman–Crippen MR) is 105 cm³/mol. The molecule has 4 aromatic rings. The molecule has 1 aliphatic carbocycles. The van der Waals surface area contributed by atoms with Crippen molar-refractivity contribution >= 4 is 17.3 Å². The fourth-order valence-electron chi connectivity index (χ4n) is 3.35. The zero-order chi connectivity index (χ0) is 19.8. The summed E-state index contributed by atoms with van der Waals surface area (Å²) in [5, 5.41) is 7.78. The summed E-state index contributed by atoms with van der Waals surface area (Å²) in [5.74, 6) is 1.37. The normalized spacial score (nSPS) is 12.3. The predicted octanol–water partition coefficient (Wildman–Crippen LogP) is 4.52. The summed E-state index contributed by atoms with van der Waals surface area (Å²) >= 11 is 1.44. The zero-order valence-corrected chi connectivity index (χ0v) is 16.3. The standard InChI is InChI=1S/C21H16N2O5S/c1-25-14-6-7-15-12(9-14)4-5-13-10-17(29-19(13)15)21(24)27-11-18-22-23-20(28-18)16-3-2-8-26-16/h2-3,6-10H,4-5,11H2,1H3. The van der Waals surface area contributed by atoms with Gasteiger partial charge in [0.25, 0.3) is 11.8 Å². The fraction of sp³-hybridized carbons (Fsp3) is 0.190. The lowest BCUT2D eigenvalue weighted by molar-refractivity contribution is 0.0444. The summed E-state index contributed by atoms with van der Waals surface area (Å²) in [5.41, 5.74) is 3.54. The first-order valence-corrected chi connectivity index (χ1v) is 9.86. The highest BCUT2D eigenvalue weighted by Gasteiger charge is 2.23. The molecular weight excluding hydrogens is 392 g/mol. The number of fused-ring (bicyclic) bond motifs is 3. The van der Waals surface area contributed by atoms with Crippen molar-refractivity contribution in [1.82, 2.24) is 10.2 Å². The largest absolute Gasteiger partial charge is 0.497 e. The first-order valence-electron chi connectivity index (χ1n) is 9.04. The summed E-state index contributed by atoms with van der Waals surface area (Å²) in [4.78, 5) is 14.2. The van der Waals surface area contributed by atoms with Gasteiger partial charge in [0.15, 0.2) is 12.4 Å². The van der Waals surface area contributed by atoms with Gasteiger partial charge in [-0.3, -0.25) is 0 Å². The van der Waals surface area contributed by atoms with Crippen molar-refractivity contribution in [2.45, 2.75) is 19.4 Å². The van der Waals surface area contributed by atoms with E-state index in [0.717, 1.165) is 34.6 Å². The maximum absolute atomic E-state index is 12.5. The van der Waals surface area contributed by atoms with Crippen LogP contribution in [0.2, 0.25) is 0 Å². The third kappa shape index (κ3) is 3.31. The Hall–Kier alpha value is -3.39. The van der Waals surface area contributed by atoms with Gasteiger partial charge in [0.2, 0.25) is 0 Å². The van der Waals surface area contributed by atoms with Crippen LogP contribution in [-0.4, -0.2) is 23.3 Å². The minimum Gasteiger partial charge on any atom is -0.497 e. The van der Waals surface area contributed by atoms with Crippen molar-refractivity contribution in [2.24, 2.45) is 0 Å². The molecule has 0 N–H and O–H groups in total. The van der Waals surface area contributed by atoms with E-state index in [0.29, 0.717) is 10.6 Å². The van der Waals surface area contributed by atoms with Gasteiger partial charge in [-0.15, -0.1) is 21.5 Å². The van der Waals surface area contributed by atoms with Crippen LogP contribution in [0.5, 0.6) is 5.75 Å². The summed E-state index contributed by atoms with van der Waals surface area (Å²) in [6.07, 6.45) is 3.32. The van der Waals surface area contributed by atoms with E-state index in [-0.39, 0.29) is 18.4 Å². The van der Waals surface area contributed by atoms with Crippen LogP contribution in [0.3, 0.4) is 0 Å². The van der Waals surface area contributed by atoms with Gasteiger partial charge < -0.3 is 18.3 Å². The van der Waals surface area contributed by atoms with Crippen molar-refractivity contribution in [3.8, 4) is 27.8 Å². The Morgan fingerprint density at radius 2 is 2.07 bits per heavy atom. The third-order valence-electron chi connectivity index (χ3n) is 4.76. The minimum absolute atomic E-state index is 0.0944. The molecule has 0 atom stereocenters. The summed E-state index contributed by atoms with van der Waals surface area (Å²) in [6, 6.07) is 11.4. The van der Waals surface area contributed by atoms with E-state index >= 15 is 0 Å². The fourth-order valence-corrected chi connectivity index (χ4v) is 4.51.